The summed E-state index contributed by atoms with van der Waals surface area (Å²) in [5.74, 6) is 0.165. The molecule has 70 heavy (non-hydrogen) atoms. The van der Waals surface area contributed by atoms with Crippen molar-refractivity contribution in [1.29, 1.82) is 0 Å². The normalized spacial score (nSPS) is 13.7. The number of likely N-dealkylation sites (tertiary alicyclic amines) is 1. The molecule has 2 saturated heterocycles. The second-order valence-electron chi connectivity index (χ2n) is 17.8. The molecule has 6 aromatic heterocycles. The van der Waals surface area contributed by atoms with E-state index < -0.39 is 5.97 Å². The van der Waals surface area contributed by atoms with E-state index >= 15 is 0 Å². The standard InChI is InChI=1S/C23H23N7O.C19H15N5O2.C10H19NO2/c1-29(23-26-9-7-20(28-23)19-4-2-3-8-25-19)17-5-6-18-16(14-17)15-21(27-18)22(31)30-12-10-24-11-13-30;1-24(13-5-6-14-12(10-13)11-17(22-14)18(25)26)19-21-9-7-16(23-19)15-4-2-3-8-20-15;1-10(2,3)13-9(12)11-7-5-4-6-8-11/h2-9,14-15,24,27H,10-13H2,1H3;2-11,22H,1H3,(H,25,26);4-8H2,1-3H3. The number of nitrogens with one attached hydrogen (secondary N) is 3. The summed E-state index contributed by atoms with van der Waals surface area (Å²) in [6.07, 6.45) is 10.2. The molecule has 10 rings (SSSR count). The number of piperidine rings is 1. The molecule has 0 unspecified atom stereocenters. The van der Waals surface area contributed by atoms with Crippen LogP contribution in [0.15, 0.2) is 122 Å². The number of H-pyrrole nitrogens is 2. The Bertz CT molecular complexity index is 3050. The Morgan fingerprint density at radius 2 is 1.10 bits per heavy atom. The first-order chi connectivity index (χ1) is 33.8. The second-order valence-corrected chi connectivity index (χ2v) is 17.8. The van der Waals surface area contributed by atoms with Crippen molar-refractivity contribution in [3.05, 3.63) is 133 Å². The molecule has 0 aliphatic carbocycles. The summed E-state index contributed by atoms with van der Waals surface area (Å²) in [5, 5.41) is 14.2. The minimum atomic E-state index is -0.984. The number of aromatic carboxylic acids is 1. The number of amides is 2. The van der Waals surface area contributed by atoms with Gasteiger partial charge >= 0.3 is 12.1 Å². The SMILES string of the molecule is CC(C)(C)OC(=O)N1CCCCC1.CN(c1ccc2[nH]c(C(=O)N3CCNCC3)cc2c1)c1nccc(-c2ccccn2)n1.CN(c1ccc2[nH]c(C(=O)O)cc2c1)c1nccc(-c2ccccn2)n1. The van der Waals surface area contributed by atoms with Crippen molar-refractivity contribution in [2.75, 3.05) is 63.2 Å². The highest BCUT2D eigenvalue weighted by molar-refractivity contribution is 5.99. The number of carbonyl (C=O) groups excluding carboxylic acids is 2. The van der Waals surface area contributed by atoms with Crippen LogP contribution < -0.4 is 15.1 Å². The smallest absolute Gasteiger partial charge is 0.410 e. The molecular formula is C52H57N13O5. The molecule has 18 nitrogen and oxygen atoms in total. The number of ether oxygens (including phenoxy) is 1. The van der Waals surface area contributed by atoms with Crippen LogP contribution in [-0.2, 0) is 4.74 Å². The molecule has 360 valence electrons. The number of piperazine rings is 1. The average Bonchev–Trinajstić information content (AvgIpc) is 4.04. The number of carboxylic acid groups (broad SMARTS) is 1. The number of benzene rings is 2. The van der Waals surface area contributed by atoms with Crippen molar-refractivity contribution in [3.63, 3.8) is 0 Å². The molecular weight excluding hydrogens is 887 g/mol. The Balaban J connectivity index is 0.000000153. The Labute approximate surface area is 405 Å². The third-order valence-corrected chi connectivity index (χ3v) is 11.6. The summed E-state index contributed by atoms with van der Waals surface area (Å²) in [6.45, 7) is 10.5. The van der Waals surface area contributed by atoms with E-state index in [-0.39, 0.29) is 23.3 Å². The van der Waals surface area contributed by atoms with Gasteiger partial charge in [0, 0.05) is 111 Å². The molecule has 4 N–H and O–H groups in total. The van der Waals surface area contributed by atoms with Crippen molar-refractivity contribution in [2.45, 2.75) is 45.6 Å². The summed E-state index contributed by atoms with van der Waals surface area (Å²) < 4.78 is 5.26. The van der Waals surface area contributed by atoms with E-state index in [1.807, 2.05) is 141 Å². The Kier molecular flexibility index (Phi) is 15.0. The Morgan fingerprint density at radius 1 is 0.586 bits per heavy atom. The lowest BCUT2D eigenvalue weighted by Gasteiger charge is -2.29. The molecule has 2 aliphatic heterocycles. The van der Waals surface area contributed by atoms with Gasteiger partial charge in [-0.25, -0.2) is 29.5 Å². The van der Waals surface area contributed by atoms with E-state index in [1.165, 1.54) is 6.42 Å². The van der Waals surface area contributed by atoms with Gasteiger partial charge in [0.2, 0.25) is 11.9 Å². The van der Waals surface area contributed by atoms with E-state index in [2.05, 4.69) is 45.2 Å². The molecule has 18 heteroatoms. The summed E-state index contributed by atoms with van der Waals surface area (Å²) >= 11 is 0. The van der Waals surface area contributed by atoms with Gasteiger partial charge in [0.1, 0.15) is 17.0 Å². The van der Waals surface area contributed by atoms with E-state index in [9.17, 15) is 14.4 Å². The lowest BCUT2D eigenvalue weighted by molar-refractivity contribution is 0.0215. The number of hydrogen-bond acceptors (Lipinski definition) is 13. The van der Waals surface area contributed by atoms with Crippen molar-refractivity contribution in [1.82, 2.24) is 55.0 Å². The first kappa shape index (κ1) is 48.2. The van der Waals surface area contributed by atoms with Crippen molar-refractivity contribution in [2.24, 2.45) is 0 Å². The van der Waals surface area contributed by atoms with Gasteiger partial charge in [-0.3, -0.25) is 14.8 Å². The fourth-order valence-corrected chi connectivity index (χ4v) is 7.89. The Morgan fingerprint density at radius 3 is 1.59 bits per heavy atom. The summed E-state index contributed by atoms with van der Waals surface area (Å²) in [6, 6.07) is 30.2. The highest BCUT2D eigenvalue weighted by atomic mass is 16.6. The van der Waals surface area contributed by atoms with Crippen LogP contribution in [0.5, 0.6) is 0 Å². The zero-order valence-corrected chi connectivity index (χ0v) is 40.0. The van der Waals surface area contributed by atoms with Gasteiger partial charge < -0.3 is 44.7 Å². The predicted molar refractivity (Wildman–Crippen MR) is 271 cm³/mol. The largest absolute Gasteiger partial charge is 0.477 e. The second kappa shape index (κ2) is 21.8. The van der Waals surface area contributed by atoms with Crippen LogP contribution in [0.3, 0.4) is 0 Å². The number of aromatic amines is 2. The molecule has 0 saturated carbocycles. The molecule has 2 aromatic carbocycles. The topological polar surface area (TPSA) is 215 Å². The van der Waals surface area contributed by atoms with Gasteiger partial charge in [-0.15, -0.1) is 0 Å². The third-order valence-electron chi connectivity index (χ3n) is 11.6. The number of nitrogens with zero attached hydrogens (tertiary/aromatic N) is 10. The number of aromatic nitrogens is 8. The van der Waals surface area contributed by atoms with E-state index in [4.69, 9.17) is 9.84 Å². The number of carboxylic acids is 1. The van der Waals surface area contributed by atoms with Gasteiger partial charge in [-0.05, 0) is 125 Å². The monoisotopic (exact) mass is 943 g/mol. The van der Waals surface area contributed by atoms with Gasteiger partial charge in [-0.2, -0.15) is 0 Å². The van der Waals surface area contributed by atoms with E-state index in [0.717, 1.165) is 108 Å². The van der Waals surface area contributed by atoms with Crippen molar-refractivity contribution in [3.8, 4) is 22.8 Å². The molecule has 2 amide bonds. The summed E-state index contributed by atoms with van der Waals surface area (Å²) in [7, 11) is 3.79. The van der Waals surface area contributed by atoms with Crippen LogP contribution in [0.2, 0.25) is 0 Å². The van der Waals surface area contributed by atoms with Crippen molar-refractivity contribution >= 4 is 63.0 Å². The summed E-state index contributed by atoms with van der Waals surface area (Å²) in [4.78, 5) is 75.7. The number of rotatable bonds is 8. The lowest BCUT2D eigenvalue weighted by Crippen LogP contribution is -2.46. The molecule has 0 atom stereocenters. The van der Waals surface area contributed by atoms with Gasteiger partial charge in [0.15, 0.2) is 0 Å². The molecule has 0 radical (unpaired) electrons. The fraction of sp³-hybridized carbons (Fsp3) is 0.288. The third kappa shape index (κ3) is 12.1. The first-order valence-electron chi connectivity index (χ1n) is 23.2. The predicted octanol–water partition coefficient (Wildman–Crippen LogP) is 8.73. The number of fused-ring (bicyclic) bond motifs is 2. The zero-order valence-electron chi connectivity index (χ0n) is 40.0. The highest BCUT2D eigenvalue weighted by Gasteiger charge is 2.24. The van der Waals surface area contributed by atoms with E-state index in [0.29, 0.717) is 17.6 Å². The van der Waals surface area contributed by atoms with E-state index in [1.54, 1.807) is 35.8 Å². The minimum absolute atomic E-state index is 0.0407. The quantitative estimate of drug-likeness (QED) is 0.112. The number of hydrogen-bond donors (Lipinski definition) is 4. The number of carbonyl (C=O) groups is 3. The first-order valence-corrected chi connectivity index (χ1v) is 23.2. The average molecular weight is 944 g/mol. The molecule has 2 fully saturated rings. The molecule has 8 aromatic rings. The minimum Gasteiger partial charge on any atom is -0.477 e. The Hall–Kier alpha value is -8.25. The van der Waals surface area contributed by atoms with Crippen LogP contribution in [-0.4, -0.2) is 132 Å². The van der Waals surface area contributed by atoms with Crippen LogP contribution in [0.1, 0.15) is 61.0 Å². The van der Waals surface area contributed by atoms with Crippen LogP contribution >= 0.6 is 0 Å². The van der Waals surface area contributed by atoms with Crippen LogP contribution in [0, 0.1) is 0 Å². The van der Waals surface area contributed by atoms with Gasteiger partial charge in [0.05, 0.1) is 22.8 Å². The zero-order chi connectivity index (χ0) is 49.2. The summed E-state index contributed by atoms with van der Waals surface area (Å²) in [5.41, 5.74) is 6.97. The number of pyridine rings is 2. The maximum absolute atomic E-state index is 12.8. The molecule has 0 bridgehead atoms. The van der Waals surface area contributed by atoms with Crippen LogP contribution in [0.4, 0.5) is 28.1 Å². The van der Waals surface area contributed by atoms with Crippen molar-refractivity contribution < 1.29 is 24.2 Å². The van der Waals surface area contributed by atoms with Crippen LogP contribution in [0.25, 0.3) is 44.6 Å². The molecule has 2 aliphatic rings. The van der Waals surface area contributed by atoms with Gasteiger partial charge in [0.25, 0.3) is 5.91 Å². The fourth-order valence-electron chi connectivity index (χ4n) is 7.89. The molecule has 8 heterocycles. The van der Waals surface area contributed by atoms with Gasteiger partial charge in [-0.1, -0.05) is 12.1 Å². The number of anilines is 4. The maximum atomic E-state index is 12.8. The maximum Gasteiger partial charge on any atom is 0.410 e. The molecule has 0 spiro atoms. The highest BCUT2D eigenvalue weighted by Crippen LogP contribution is 2.29. The lowest BCUT2D eigenvalue weighted by atomic mass is 10.1.